The van der Waals surface area contributed by atoms with E-state index in [2.05, 4.69) is 4.98 Å². The molecule has 2 rings (SSSR count). The molecule has 0 unspecified atom stereocenters. The molecular weight excluding hydrogens is 230 g/mol. The number of nitrogens with zero attached hydrogens (tertiary/aromatic N) is 1. The molecule has 0 amide bonds. The number of hydrogen-bond acceptors (Lipinski definition) is 5. The molecule has 2 aromatic heterocycles. The number of methoxy groups -OCH3 is 2. The van der Waals surface area contributed by atoms with Crippen LogP contribution in [0.5, 0.6) is 11.6 Å². The maximum absolute atomic E-state index is 10.8. The number of rotatable bonds is 3. The molecule has 0 aromatic carbocycles. The van der Waals surface area contributed by atoms with E-state index in [4.69, 9.17) is 14.6 Å². The van der Waals surface area contributed by atoms with Gasteiger partial charge >= 0.3 is 5.97 Å². The first-order valence-corrected chi connectivity index (χ1v) is 5.23. The number of pyridine rings is 1. The van der Waals surface area contributed by atoms with E-state index in [0.29, 0.717) is 17.1 Å². The van der Waals surface area contributed by atoms with Crippen LogP contribution in [0.2, 0.25) is 0 Å². The quantitative estimate of drug-likeness (QED) is 0.887. The Labute approximate surface area is 95.3 Å². The SMILES string of the molecule is COc1cc2sc(C(=O)O)cc2nc1OC. The fourth-order valence-electron chi connectivity index (χ4n) is 1.33. The van der Waals surface area contributed by atoms with Gasteiger partial charge < -0.3 is 14.6 Å². The summed E-state index contributed by atoms with van der Waals surface area (Å²) in [5, 5.41) is 8.86. The monoisotopic (exact) mass is 239 g/mol. The van der Waals surface area contributed by atoms with Gasteiger partial charge in [-0.3, -0.25) is 0 Å². The number of fused-ring (bicyclic) bond motifs is 1. The average Bonchev–Trinajstić information content (AvgIpc) is 2.69. The third kappa shape index (κ3) is 1.67. The highest BCUT2D eigenvalue weighted by Gasteiger charge is 2.13. The molecule has 0 fully saturated rings. The van der Waals surface area contributed by atoms with E-state index in [1.165, 1.54) is 20.3 Å². The van der Waals surface area contributed by atoms with Crippen molar-refractivity contribution in [2.24, 2.45) is 0 Å². The largest absolute Gasteiger partial charge is 0.491 e. The Morgan fingerprint density at radius 1 is 1.38 bits per heavy atom. The van der Waals surface area contributed by atoms with Crippen LogP contribution in [-0.2, 0) is 0 Å². The van der Waals surface area contributed by atoms with E-state index >= 15 is 0 Å². The minimum atomic E-state index is -0.957. The Kier molecular flexibility index (Phi) is 2.66. The van der Waals surface area contributed by atoms with Crippen LogP contribution in [-0.4, -0.2) is 30.3 Å². The maximum Gasteiger partial charge on any atom is 0.345 e. The van der Waals surface area contributed by atoms with Gasteiger partial charge in [-0.1, -0.05) is 0 Å². The van der Waals surface area contributed by atoms with Gasteiger partial charge in [-0.2, -0.15) is 0 Å². The van der Waals surface area contributed by atoms with E-state index in [0.717, 1.165) is 16.0 Å². The summed E-state index contributed by atoms with van der Waals surface area (Å²) in [6, 6.07) is 3.24. The van der Waals surface area contributed by atoms with Crippen LogP contribution in [0.15, 0.2) is 12.1 Å². The zero-order chi connectivity index (χ0) is 11.7. The highest BCUT2D eigenvalue weighted by Crippen LogP contribution is 2.33. The van der Waals surface area contributed by atoms with Gasteiger partial charge in [0.05, 0.1) is 24.4 Å². The molecule has 6 heteroatoms. The molecule has 84 valence electrons. The summed E-state index contributed by atoms with van der Waals surface area (Å²) in [6.45, 7) is 0. The second kappa shape index (κ2) is 3.97. The van der Waals surface area contributed by atoms with Crippen molar-refractivity contribution in [1.82, 2.24) is 4.98 Å². The van der Waals surface area contributed by atoms with Crippen LogP contribution in [0.1, 0.15) is 9.67 Å². The van der Waals surface area contributed by atoms with Crippen molar-refractivity contribution < 1.29 is 19.4 Å². The number of carboxylic acids is 1. The second-order valence-electron chi connectivity index (χ2n) is 3.00. The second-order valence-corrected chi connectivity index (χ2v) is 4.08. The van der Waals surface area contributed by atoms with Crippen molar-refractivity contribution in [2.75, 3.05) is 14.2 Å². The molecule has 2 heterocycles. The first kappa shape index (κ1) is 10.7. The number of aromatic nitrogens is 1. The number of carboxylic acid groups (broad SMARTS) is 1. The zero-order valence-corrected chi connectivity index (χ0v) is 9.50. The summed E-state index contributed by atoms with van der Waals surface area (Å²) >= 11 is 1.16. The minimum absolute atomic E-state index is 0.248. The molecule has 0 atom stereocenters. The Hall–Kier alpha value is -1.82. The fourth-order valence-corrected chi connectivity index (χ4v) is 2.20. The molecule has 0 saturated carbocycles. The van der Waals surface area contributed by atoms with Crippen molar-refractivity contribution >= 4 is 27.5 Å². The normalized spacial score (nSPS) is 10.4. The first-order chi connectivity index (χ1) is 7.65. The minimum Gasteiger partial charge on any atom is -0.491 e. The summed E-state index contributed by atoms with van der Waals surface area (Å²) in [5.41, 5.74) is 0.597. The van der Waals surface area contributed by atoms with E-state index in [9.17, 15) is 4.79 Å². The van der Waals surface area contributed by atoms with Crippen LogP contribution >= 0.6 is 11.3 Å². The van der Waals surface area contributed by atoms with Gasteiger partial charge in [0.25, 0.3) is 5.88 Å². The lowest BCUT2D eigenvalue weighted by Crippen LogP contribution is -1.92. The van der Waals surface area contributed by atoms with Gasteiger partial charge in [0.1, 0.15) is 4.88 Å². The Bertz CT molecular complexity index is 508. The predicted octanol–water partition coefficient (Wildman–Crippen LogP) is 2.01. The first-order valence-electron chi connectivity index (χ1n) is 4.41. The van der Waals surface area contributed by atoms with Gasteiger partial charge in [-0.15, -0.1) is 11.3 Å². The van der Waals surface area contributed by atoms with Crippen molar-refractivity contribution in [3.63, 3.8) is 0 Å². The Balaban J connectivity index is 2.64. The fraction of sp³-hybridized carbons (Fsp3) is 0.200. The Morgan fingerprint density at radius 3 is 2.69 bits per heavy atom. The van der Waals surface area contributed by atoms with Crippen LogP contribution < -0.4 is 9.47 Å². The third-order valence-electron chi connectivity index (χ3n) is 2.06. The number of hydrogen-bond donors (Lipinski definition) is 1. The standard InChI is InChI=1S/C10H9NO4S/c1-14-6-4-7-5(11-9(6)15-2)3-8(16-7)10(12)13/h3-4H,1-2H3,(H,12,13). The highest BCUT2D eigenvalue weighted by molar-refractivity contribution is 7.20. The third-order valence-corrected chi connectivity index (χ3v) is 3.12. The molecule has 0 radical (unpaired) electrons. The summed E-state index contributed by atoms with van der Waals surface area (Å²) < 4.78 is 10.9. The molecule has 0 bridgehead atoms. The summed E-state index contributed by atoms with van der Waals surface area (Å²) in [4.78, 5) is 15.2. The molecule has 16 heavy (non-hydrogen) atoms. The molecule has 1 N–H and O–H groups in total. The van der Waals surface area contributed by atoms with Crippen LogP contribution in [0.25, 0.3) is 10.2 Å². The van der Waals surface area contributed by atoms with Crippen molar-refractivity contribution in [3.05, 3.63) is 17.0 Å². The molecule has 0 saturated heterocycles. The van der Waals surface area contributed by atoms with Gasteiger partial charge in [-0.05, 0) is 6.07 Å². The smallest absolute Gasteiger partial charge is 0.345 e. The van der Waals surface area contributed by atoms with E-state index in [1.807, 2.05) is 0 Å². The van der Waals surface area contributed by atoms with Gasteiger partial charge in [0, 0.05) is 6.07 Å². The number of aromatic carboxylic acids is 1. The molecule has 0 spiro atoms. The van der Waals surface area contributed by atoms with E-state index in [1.54, 1.807) is 6.07 Å². The van der Waals surface area contributed by atoms with Gasteiger partial charge in [0.15, 0.2) is 5.75 Å². The number of thiophene rings is 1. The lowest BCUT2D eigenvalue weighted by atomic mass is 10.3. The van der Waals surface area contributed by atoms with Crippen molar-refractivity contribution in [2.45, 2.75) is 0 Å². The lowest BCUT2D eigenvalue weighted by molar-refractivity contribution is 0.0702. The maximum atomic E-state index is 10.8. The van der Waals surface area contributed by atoms with E-state index < -0.39 is 5.97 Å². The topological polar surface area (TPSA) is 68.7 Å². The van der Waals surface area contributed by atoms with Gasteiger partial charge in [0.2, 0.25) is 0 Å². The highest BCUT2D eigenvalue weighted by atomic mass is 32.1. The summed E-state index contributed by atoms with van der Waals surface area (Å²) in [5.74, 6) is -0.112. The zero-order valence-electron chi connectivity index (χ0n) is 8.68. The average molecular weight is 239 g/mol. The molecule has 0 aliphatic heterocycles. The number of carbonyl (C=O) groups is 1. The lowest BCUT2D eigenvalue weighted by Gasteiger charge is -2.05. The number of ether oxygens (including phenoxy) is 2. The van der Waals surface area contributed by atoms with Crippen LogP contribution in [0.4, 0.5) is 0 Å². The van der Waals surface area contributed by atoms with E-state index in [-0.39, 0.29) is 4.88 Å². The van der Waals surface area contributed by atoms with Crippen molar-refractivity contribution in [3.8, 4) is 11.6 Å². The molecule has 2 aromatic rings. The molecule has 0 aliphatic carbocycles. The summed E-state index contributed by atoms with van der Waals surface area (Å²) in [7, 11) is 3.00. The summed E-state index contributed by atoms with van der Waals surface area (Å²) in [6.07, 6.45) is 0. The van der Waals surface area contributed by atoms with Crippen LogP contribution in [0.3, 0.4) is 0 Å². The van der Waals surface area contributed by atoms with Crippen molar-refractivity contribution in [1.29, 1.82) is 0 Å². The Morgan fingerprint density at radius 2 is 2.12 bits per heavy atom. The predicted molar refractivity (Wildman–Crippen MR) is 59.7 cm³/mol. The van der Waals surface area contributed by atoms with Crippen LogP contribution in [0, 0.1) is 0 Å². The molecular formula is C10H9NO4S. The van der Waals surface area contributed by atoms with Gasteiger partial charge in [-0.25, -0.2) is 9.78 Å². The molecule has 0 aliphatic rings. The molecule has 5 nitrogen and oxygen atoms in total.